The lowest BCUT2D eigenvalue weighted by atomic mass is 10.1. The lowest BCUT2D eigenvalue weighted by Crippen LogP contribution is -2.45. The average Bonchev–Trinajstić information content (AvgIpc) is 2.38. The predicted octanol–water partition coefficient (Wildman–Crippen LogP) is -0.457. The maximum absolute atomic E-state index is 11.0. The lowest BCUT2D eigenvalue weighted by Gasteiger charge is -2.23. The molecule has 18 heavy (non-hydrogen) atoms. The fourth-order valence-corrected chi connectivity index (χ4v) is 1.82. The molecule has 96 valence electrons. The summed E-state index contributed by atoms with van der Waals surface area (Å²) >= 11 is 0. The van der Waals surface area contributed by atoms with Crippen LogP contribution in [-0.2, 0) is 11.3 Å². The van der Waals surface area contributed by atoms with Crippen LogP contribution in [0.2, 0.25) is 0 Å². The number of aromatic carboxylic acids is 1. The number of carboxylic acids is 1. The van der Waals surface area contributed by atoms with Gasteiger partial charge in [0.15, 0.2) is 0 Å². The molecule has 1 aromatic heterocycles. The largest absolute Gasteiger partial charge is 0.478 e. The van der Waals surface area contributed by atoms with Crippen LogP contribution in [0.15, 0.2) is 12.5 Å². The minimum atomic E-state index is -1.04. The Labute approximate surface area is 104 Å². The molecular formula is C11H14N4O3. The molecule has 1 aliphatic heterocycles. The van der Waals surface area contributed by atoms with E-state index < -0.39 is 5.97 Å². The van der Waals surface area contributed by atoms with E-state index in [0.717, 1.165) is 6.42 Å². The first-order valence-electron chi connectivity index (χ1n) is 5.69. The third-order valence-electron chi connectivity index (χ3n) is 2.85. The highest BCUT2D eigenvalue weighted by Crippen LogP contribution is 2.06. The summed E-state index contributed by atoms with van der Waals surface area (Å²) in [6, 6.07) is 0.152. The Morgan fingerprint density at radius 3 is 3.11 bits per heavy atom. The maximum atomic E-state index is 11.0. The van der Waals surface area contributed by atoms with Gasteiger partial charge in [0.1, 0.15) is 11.9 Å². The van der Waals surface area contributed by atoms with E-state index in [1.807, 2.05) is 0 Å². The SMILES string of the molecule is O=C1CCC(NCc2ncncc2C(=O)O)CN1. The normalized spacial score (nSPS) is 19.3. The van der Waals surface area contributed by atoms with Crippen molar-refractivity contribution in [1.82, 2.24) is 20.6 Å². The Morgan fingerprint density at radius 1 is 1.61 bits per heavy atom. The summed E-state index contributed by atoms with van der Waals surface area (Å²) in [7, 11) is 0. The molecule has 1 aliphatic rings. The van der Waals surface area contributed by atoms with E-state index in [4.69, 9.17) is 5.11 Å². The minimum absolute atomic E-state index is 0.0568. The molecule has 1 saturated heterocycles. The van der Waals surface area contributed by atoms with Gasteiger partial charge >= 0.3 is 5.97 Å². The summed E-state index contributed by atoms with van der Waals surface area (Å²) in [6.07, 6.45) is 3.85. The third kappa shape index (κ3) is 3.01. The molecule has 1 fully saturated rings. The van der Waals surface area contributed by atoms with Gasteiger partial charge in [-0.2, -0.15) is 0 Å². The second-order valence-electron chi connectivity index (χ2n) is 4.11. The van der Waals surface area contributed by atoms with Gasteiger partial charge in [-0.05, 0) is 6.42 Å². The number of hydrogen-bond donors (Lipinski definition) is 3. The molecule has 0 radical (unpaired) electrons. The van der Waals surface area contributed by atoms with Crippen LogP contribution in [0.25, 0.3) is 0 Å². The Balaban J connectivity index is 1.94. The standard InChI is InChI=1S/C11H14N4O3/c16-10-2-1-7(3-14-10)13-5-9-8(11(17)18)4-12-6-15-9/h4,6-7,13H,1-3,5H2,(H,14,16)(H,17,18). The molecule has 0 saturated carbocycles. The van der Waals surface area contributed by atoms with Gasteiger partial charge in [0.25, 0.3) is 0 Å². The molecule has 7 nitrogen and oxygen atoms in total. The van der Waals surface area contributed by atoms with Gasteiger partial charge in [0.05, 0.1) is 5.69 Å². The number of rotatable bonds is 4. The first-order valence-corrected chi connectivity index (χ1v) is 5.69. The first-order chi connectivity index (χ1) is 8.66. The van der Waals surface area contributed by atoms with Gasteiger partial charge in [-0.15, -0.1) is 0 Å². The van der Waals surface area contributed by atoms with E-state index in [2.05, 4.69) is 20.6 Å². The highest BCUT2D eigenvalue weighted by Gasteiger charge is 2.18. The Hall–Kier alpha value is -2.02. The Morgan fingerprint density at radius 2 is 2.44 bits per heavy atom. The van der Waals surface area contributed by atoms with Gasteiger partial charge < -0.3 is 15.7 Å². The first kappa shape index (κ1) is 12.4. The fourth-order valence-electron chi connectivity index (χ4n) is 1.82. The number of piperidine rings is 1. The van der Waals surface area contributed by atoms with Crippen LogP contribution in [-0.4, -0.2) is 39.5 Å². The lowest BCUT2D eigenvalue weighted by molar-refractivity contribution is -0.122. The van der Waals surface area contributed by atoms with Crippen LogP contribution in [0.3, 0.4) is 0 Å². The Bertz CT molecular complexity index is 453. The van der Waals surface area contributed by atoms with Crippen LogP contribution in [0.5, 0.6) is 0 Å². The van der Waals surface area contributed by atoms with Crippen LogP contribution in [0.4, 0.5) is 0 Å². The number of nitrogens with one attached hydrogen (secondary N) is 2. The molecule has 1 aromatic rings. The summed E-state index contributed by atoms with van der Waals surface area (Å²) in [6.45, 7) is 0.914. The molecule has 0 aromatic carbocycles. The van der Waals surface area contributed by atoms with Crippen molar-refractivity contribution >= 4 is 11.9 Å². The number of nitrogens with zero attached hydrogens (tertiary/aromatic N) is 2. The topological polar surface area (TPSA) is 104 Å². The van der Waals surface area contributed by atoms with Crippen molar-refractivity contribution in [3.05, 3.63) is 23.8 Å². The van der Waals surface area contributed by atoms with E-state index in [1.54, 1.807) is 0 Å². The van der Waals surface area contributed by atoms with Crippen molar-refractivity contribution < 1.29 is 14.7 Å². The van der Waals surface area contributed by atoms with Gasteiger partial charge in [0, 0.05) is 31.7 Å². The smallest absolute Gasteiger partial charge is 0.339 e. The average molecular weight is 250 g/mol. The van der Waals surface area contributed by atoms with Crippen LogP contribution < -0.4 is 10.6 Å². The third-order valence-corrected chi connectivity index (χ3v) is 2.85. The molecule has 2 heterocycles. The number of carbonyl (C=O) groups excluding carboxylic acids is 1. The summed E-state index contributed by atoms with van der Waals surface area (Å²) in [5, 5.41) is 14.9. The summed E-state index contributed by atoms with van der Waals surface area (Å²) < 4.78 is 0. The van der Waals surface area contributed by atoms with E-state index in [-0.39, 0.29) is 17.5 Å². The number of carboxylic acid groups (broad SMARTS) is 1. The zero-order chi connectivity index (χ0) is 13.0. The molecule has 0 aliphatic carbocycles. The van der Waals surface area contributed by atoms with E-state index in [9.17, 15) is 9.59 Å². The molecule has 1 atom stereocenters. The summed E-state index contributed by atoms with van der Waals surface area (Å²) in [5.74, 6) is -0.981. The minimum Gasteiger partial charge on any atom is -0.478 e. The second-order valence-corrected chi connectivity index (χ2v) is 4.11. The zero-order valence-corrected chi connectivity index (χ0v) is 9.72. The van der Waals surface area contributed by atoms with E-state index in [0.29, 0.717) is 25.2 Å². The number of carbonyl (C=O) groups is 2. The molecule has 0 bridgehead atoms. The van der Waals surface area contributed by atoms with Crippen molar-refractivity contribution in [1.29, 1.82) is 0 Å². The van der Waals surface area contributed by atoms with Gasteiger partial charge in [0.2, 0.25) is 5.91 Å². The van der Waals surface area contributed by atoms with Crippen LogP contribution in [0, 0.1) is 0 Å². The molecule has 1 amide bonds. The highest BCUT2D eigenvalue weighted by atomic mass is 16.4. The Kier molecular flexibility index (Phi) is 3.83. The molecule has 3 N–H and O–H groups in total. The molecule has 7 heteroatoms. The second kappa shape index (κ2) is 5.54. The quantitative estimate of drug-likeness (QED) is 0.668. The molecule has 2 rings (SSSR count). The van der Waals surface area contributed by atoms with Crippen molar-refractivity contribution in [2.75, 3.05) is 6.54 Å². The number of amides is 1. The fraction of sp³-hybridized carbons (Fsp3) is 0.455. The molecule has 1 unspecified atom stereocenters. The molecular weight excluding hydrogens is 236 g/mol. The van der Waals surface area contributed by atoms with Crippen molar-refractivity contribution in [2.45, 2.75) is 25.4 Å². The van der Waals surface area contributed by atoms with Gasteiger partial charge in [-0.25, -0.2) is 14.8 Å². The highest BCUT2D eigenvalue weighted by molar-refractivity contribution is 5.88. The van der Waals surface area contributed by atoms with Crippen LogP contribution in [0.1, 0.15) is 28.9 Å². The number of hydrogen-bond acceptors (Lipinski definition) is 5. The van der Waals surface area contributed by atoms with Crippen molar-refractivity contribution in [2.24, 2.45) is 0 Å². The zero-order valence-electron chi connectivity index (χ0n) is 9.72. The molecule has 0 spiro atoms. The van der Waals surface area contributed by atoms with Gasteiger partial charge in [-0.1, -0.05) is 0 Å². The maximum Gasteiger partial charge on any atom is 0.339 e. The van der Waals surface area contributed by atoms with Crippen LogP contribution >= 0.6 is 0 Å². The summed E-state index contributed by atoms with van der Waals surface area (Å²) in [5.41, 5.74) is 0.555. The summed E-state index contributed by atoms with van der Waals surface area (Å²) in [4.78, 5) is 29.6. The monoisotopic (exact) mass is 250 g/mol. The predicted molar refractivity (Wildman–Crippen MR) is 61.9 cm³/mol. The van der Waals surface area contributed by atoms with Crippen molar-refractivity contribution in [3.8, 4) is 0 Å². The number of aromatic nitrogens is 2. The van der Waals surface area contributed by atoms with E-state index in [1.165, 1.54) is 12.5 Å². The van der Waals surface area contributed by atoms with Crippen molar-refractivity contribution in [3.63, 3.8) is 0 Å². The van der Waals surface area contributed by atoms with E-state index >= 15 is 0 Å². The van der Waals surface area contributed by atoms with Gasteiger partial charge in [-0.3, -0.25) is 4.79 Å².